The number of H-pyrrole nitrogens is 1. The van der Waals surface area contributed by atoms with Crippen LogP contribution in [0.2, 0.25) is 0 Å². The number of aryl methyl sites for hydroxylation is 1. The van der Waals surface area contributed by atoms with E-state index in [1.54, 1.807) is 5.38 Å². The molecule has 4 aromatic rings. The number of aromatic amines is 1. The highest BCUT2D eigenvalue weighted by atomic mass is 32.1. The first kappa shape index (κ1) is 14.7. The Hall–Kier alpha value is -2.92. The van der Waals surface area contributed by atoms with Crippen LogP contribution in [-0.4, -0.2) is 15.9 Å². The Kier molecular flexibility index (Phi) is 3.63. The monoisotopic (exact) mass is 333 g/mol. The molecule has 2 aromatic carbocycles. The summed E-state index contributed by atoms with van der Waals surface area (Å²) in [7, 11) is 0. The first-order valence-corrected chi connectivity index (χ1v) is 8.48. The minimum absolute atomic E-state index is 0.195. The molecule has 24 heavy (non-hydrogen) atoms. The van der Waals surface area contributed by atoms with E-state index in [1.807, 2.05) is 61.7 Å². The number of nitrogens with zero attached hydrogens (tertiary/aromatic N) is 1. The zero-order valence-electron chi connectivity index (χ0n) is 13.0. The summed E-state index contributed by atoms with van der Waals surface area (Å²) < 4.78 is 0. The van der Waals surface area contributed by atoms with E-state index in [1.165, 1.54) is 16.9 Å². The number of hydrogen-bond donors (Lipinski definition) is 2. The highest BCUT2D eigenvalue weighted by molar-refractivity contribution is 7.13. The summed E-state index contributed by atoms with van der Waals surface area (Å²) in [5, 5.41) is 6.61. The van der Waals surface area contributed by atoms with Gasteiger partial charge in [0.25, 0.3) is 5.91 Å². The normalized spacial score (nSPS) is 10.9. The van der Waals surface area contributed by atoms with Crippen molar-refractivity contribution in [3.63, 3.8) is 0 Å². The minimum Gasteiger partial charge on any atom is -0.361 e. The van der Waals surface area contributed by atoms with Crippen LogP contribution in [0.4, 0.5) is 5.69 Å². The molecular weight excluding hydrogens is 318 g/mol. The quantitative estimate of drug-likeness (QED) is 0.563. The lowest BCUT2D eigenvalue weighted by molar-refractivity contribution is 0.102. The summed E-state index contributed by atoms with van der Waals surface area (Å²) in [5.41, 5.74) is 4.47. The van der Waals surface area contributed by atoms with Crippen molar-refractivity contribution in [1.82, 2.24) is 9.97 Å². The van der Waals surface area contributed by atoms with E-state index in [4.69, 9.17) is 0 Å². The Labute approximate surface area is 143 Å². The summed E-state index contributed by atoms with van der Waals surface area (Å²) >= 11 is 1.47. The van der Waals surface area contributed by atoms with Crippen LogP contribution in [0.1, 0.15) is 16.1 Å². The van der Waals surface area contributed by atoms with Crippen LogP contribution >= 0.6 is 11.3 Å². The fraction of sp³-hybridized carbons (Fsp3) is 0.0526. The smallest absolute Gasteiger partial charge is 0.275 e. The first-order valence-electron chi connectivity index (χ1n) is 7.60. The molecule has 2 N–H and O–H groups in total. The van der Waals surface area contributed by atoms with E-state index < -0.39 is 0 Å². The SMILES string of the molecule is Cc1ccc(-c2nc(C(=O)Nc3ccc4[nH]ccc4c3)cs2)cc1. The molecule has 4 rings (SSSR count). The van der Waals surface area contributed by atoms with Crippen molar-refractivity contribution in [3.05, 3.63) is 71.4 Å². The van der Waals surface area contributed by atoms with Crippen LogP contribution < -0.4 is 5.32 Å². The third kappa shape index (κ3) is 2.81. The highest BCUT2D eigenvalue weighted by Crippen LogP contribution is 2.25. The first-order chi connectivity index (χ1) is 11.7. The second-order valence-electron chi connectivity index (χ2n) is 5.64. The predicted molar refractivity (Wildman–Crippen MR) is 98.5 cm³/mol. The molecule has 1 amide bonds. The van der Waals surface area contributed by atoms with Crippen molar-refractivity contribution in [2.24, 2.45) is 0 Å². The second-order valence-corrected chi connectivity index (χ2v) is 6.50. The number of amides is 1. The lowest BCUT2D eigenvalue weighted by Crippen LogP contribution is -2.12. The van der Waals surface area contributed by atoms with E-state index in [9.17, 15) is 4.79 Å². The molecule has 5 heteroatoms. The maximum absolute atomic E-state index is 12.4. The topological polar surface area (TPSA) is 57.8 Å². The molecule has 0 spiro atoms. The molecule has 4 nitrogen and oxygen atoms in total. The lowest BCUT2D eigenvalue weighted by Gasteiger charge is -2.03. The van der Waals surface area contributed by atoms with Crippen molar-refractivity contribution in [3.8, 4) is 10.6 Å². The van der Waals surface area contributed by atoms with Gasteiger partial charge in [-0.05, 0) is 31.2 Å². The van der Waals surface area contributed by atoms with Crippen LogP contribution in [0, 0.1) is 6.92 Å². The third-order valence-electron chi connectivity index (χ3n) is 3.85. The van der Waals surface area contributed by atoms with Gasteiger partial charge in [-0.2, -0.15) is 0 Å². The highest BCUT2D eigenvalue weighted by Gasteiger charge is 2.12. The molecule has 0 bridgehead atoms. The number of carbonyl (C=O) groups is 1. The number of aromatic nitrogens is 2. The van der Waals surface area contributed by atoms with Crippen LogP contribution in [-0.2, 0) is 0 Å². The van der Waals surface area contributed by atoms with Crippen LogP contribution in [0.3, 0.4) is 0 Å². The van der Waals surface area contributed by atoms with Crippen molar-refractivity contribution < 1.29 is 4.79 Å². The Morgan fingerprint density at radius 2 is 1.96 bits per heavy atom. The average Bonchev–Trinajstić information content (AvgIpc) is 3.24. The van der Waals surface area contributed by atoms with Gasteiger partial charge in [-0.3, -0.25) is 4.79 Å². The number of fused-ring (bicyclic) bond motifs is 1. The Bertz CT molecular complexity index is 1010. The van der Waals surface area contributed by atoms with Gasteiger partial charge >= 0.3 is 0 Å². The molecule has 0 saturated heterocycles. The van der Waals surface area contributed by atoms with Crippen LogP contribution in [0.15, 0.2) is 60.1 Å². The molecule has 0 radical (unpaired) electrons. The molecule has 118 valence electrons. The molecule has 2 aromatic heterocycles. The lowest BCUT2D eigenvalue weighted by atomic mass is 10.2. The Morgan fingerprint density at radius 3 is 2.79 bits per heavy atom. The molecule has 0 aliphatic heterocycles. The fourth-order valence-corrected chi connectivity index (χ4v) is 3.34. The molecule has 0 fully saturated rings. The summed E-state index contributed by atoms with van der Waals surface area (Å²) in [5.74, 6) is -0.195. The number of rotatable bonds is 3. The molecule has 0 atom stereocenters. The van der Waals surface area contributed by atoms with E-state index in [0.717, 1.165) is 27.2 Å². The largest absolute Gasteiger partial charge is 0.361 e. The molecule has 0 aliphatic carbocycles. The summed E-state index contributed by atoms with van der Waals surface area (Å²) in [6, 6.07) is 15.9. The third-order valence-corrected chi connectivity index (χ3v) is 4.74. The predicted octanol–water partition coefficient (Wildman–Crippen LogP) is 4.85. The van der Waals surface area contributed by atoms with E-state index in [-0.39, 0.29) is 5.91 Å². The summed E-state index contributed by atoms with van der Waals surface area (Å²) in [6.07, 6.45) is 1.88. The molecule has 2 heterocycles. The van der Waals surface area contributed by atoms with Gasteiger partial charge in [-0.25, -0.2) is 4.98 Å². The van der Waals surface area contributed by atoms with Crippen molar-refractivity contribution in [2.45, 2.75) is 6.92 Å². The van der Waals surface area contributed by atoms with Crippen molar-refractivity contribution in [1.29, 1.82) is 0 Å². The average molecular weight is 333 g/mol. The van der Waals surface area contributed by atoms with E-state index >= 15 is 0 Å². The van der Waals surface area contributed by atoms with Crippen molar-refractivity contribution in [2.75, 3.05) is 5.32 Å². The molecule has 0 aliphatic rings. The van der Waals surface area contributed by atoms with Gasteiger partial charge in [0.15, 0.2) is 0 Å². The number of nitrogens with one attached hydrogen (secondary N) is 2. The number of benzene rings is 2. The molecule has 0 saturated carbocycles. The Balaban J connectivity index is 1.55. The van der Waals surface area contributed by atoms with Crippen LogP contribution in [0.25, 0.3) is 21.5 Å². The van der Waals surface area contributed by atoms with Gasteiger partial charge in [0.05, 0.1) is 0 Å². The molecular formula is C19H15N3OS. The van der Waals surface area contributed by atoms with E-state index in [2.05, 4.69) is 15.3 Å². The number of carbonyl (C=O) groups excluding carboxylic acids is 1. The zero-order chi connectivity index (χ0) is 16.5. The minimum atomic E-state index is -0.195. The number of thiazole rings is 1. The van der Waals surface area contributed by atoms with Crippen molar-refractivity contribution >= 4 is 33.8 Å². The second kappa shape index (κ2) is 5.94. The van der Waals surface area contributed by atoms with Gasteiger partial charge in [0.1, 0.15) is 10.7 Å². The van der Waals surface area contributed by atoms with Gasteiger partial charge in [0.2, 0.25) is 0 Å². The van der Waals surface area contributed by atoms with Crippen LogP contribution in [0.5, 0.6) is 0 Å². The van der Waals surface area contributed by atoms with E-state index in [0.29, 0.717) is 5.69 Å². The maximum Gasteiger partial charge on any atom is 0.275 e. The van der Waals surface area contributed by atoms with Gasteiger partial charge in [-0.15, -0.1) is 11.3 Å². The van der Waals surface area contributed by atoms with Gasteiger partial charge < -0.3 is 10.3 Å². The number of hydrogen-bond acceptors (Lipinski definition) is 3. The number of anilines is 1. The fourth-order valence-electron chi connectivity index (χ4n) is 2.53. The maximum atomic E-state index is 12.4. The zero-order valence-corrected chi connectivity index (χ0v) is 13.9. The summed E-state index contributed by atoms with van der Waals surface area (Å²) in [4.78, 5) is 20.0. The van der Waals surface area contributed by atoms with Gasteiger partial charge in [-0.1, -0.05) is 29.8 Å². The summed E-state index contributed by atoms with van der Waals surface area (Å²) in [6.45, 7) is 2.05. The molecule has 0 unspecified atom stereocenters. The Morgan fingerprint density at radius 1 is 1.12 bits per heavy atom. The van der Waals surface area contributed by atoms with Gasteiger partial charge in [0, 0.05) is 33.7 Å². The standard InChI is InChI=1S/C19H15N3OS/c1-12-2-4-13(5-3-12)19-22-17(11-24-19)18(23)21-15-6-7-16-14(10-15)8-9-20-16/h2-11,20H,1H3,(H,21,23).